The summed E-state index contributed by atoms with van der Waals surface area (Å²) in [6.07, 6.45) is 0. The summed E-state index contributed by atoms with van der Waals surface area (Å²) >= 11 is 0. The highest BCUT2D eigenvalue weighted by molar-refractivity contribution is 6.05. The van der Waals surface area contributed by atoms with Crippen LogP contribution in [0.4, 0.5) is 5.69 Å². The molecule has 0 atom stereocenters. The first-order valence-electron chi connectivity index (χ1n) is 9.87. The molecule has 0 bridgehead atoms. The second-order valence-electron chi connectivity index (χ2n) is 8.72. The minimum atomic E-state index is -0.207. The van der Waals surface area contributed by atoms with Gasteiger partial charge < -0.3 is 15.3 Å². The fourth-order valence-corrected chi connectivity index (χ4v) is 3.37. The highest BCUT2D eigenvalue weighted by atomic mass is 16.3. The first-order valence-corrected chi connectivity index (χ1v) is 9.87. The van der Waals surface area contributed by atoms with Crippen LogP contribution >= 0.6 is 0 Å². The van der Waals surface area contributed by atoms with Crippen LogP contribution in [0.25, 0.3) is 0 Å². The van der Waals surface area contributed by atoms with Crippen molar-refractivity contribution in [3.8, 4) is 5.75 Å². The number of anilines is 1. The number of amides is 1. The first kappa shape index (κ1) is 20.4. The van der Waals surface area contributed by atoms with Crippen molar-refractivity contribution in [1.82, 2.24) is 9.80 Å². The van der Waals surface area contributed by atoms with Gasteiger partial charge in [0.25, 0.3) is 5.91 Å². The maximum atomic E-state index is 12.8. The molecule has 1 aliphatic rings. The molecule has 28 heavy (non-hydrogen) atoms. The molecule has 0 radical (unpaired) electrons. The van der Waals surface area contributed by atoms with Crippen LogP contribution in [0.15, 0.2) is 42.5 Å². The molecule has 0 unspecified atom stereocenters. The van der Waals surface area contributed by atoms with Crippen molar-refractivity contribution in [3.63, 3.8) is 0 Å². The molecule has 5 nitrogen and oxygen atoms in total. The molecule has 0 spiro atoms. The van der Waals surface area contributed by atoms with E-state index in [0.717, 1.165) is 43.9 Å². The molecule has 1 saturated heterocycles. The van der Waals surface area contributed by atoms with E-state index in [1.807, 2.05) is 30.3 Å². The summed E-state index contributed by atoms with van der Waals surface area (Å²) < 4.78 is 0. The highest BCUT2D eigenvalue weighted by Crippen LogP contribution is 2.31. The Bertz CT molecular complexity index is 834. The lowest BCUT2D eigenvalue weighted by Gasteiger charge is -2.32. The van der Waals surface area contributed by atoms with E-state index in [0.29, 0.717) is 11.3 Å². The molecule has 2 aromatic rings. The molecule has 0 aromatic heterocycles. The number of benzene rings is 2. The molecular formula is C23H31N3O2. The molecule has 150 valence electrons. The molecule has 3 rings (SSSR count). The number of rotatable bonds is 4. The van der Waals surface area contributed by atoms with Crippen LogP contribution in [0.3, 0.4) is 0 Å². The Labute approximate surface area is 168 Å². The van der Waals surface area contributed by atoms with Gasteiger partial charge in [-0.15, -0.1) is 0 Å². The van der Waals surface area contributed by atoms with Crippen LogP contribution in [0, 0.1) is 0 Å². The fraction of sp³-hybridized carbons (Fsp3) is 0.435. The maximum absolute atomic E-state index is 12.8. The number of nitrogens with one attached hydrogen (secondary N) is 1. The minimum Gasteiger partial charge on any atom is -0.506 e. The zero-order valence-corrected chi connectivity index (χ0v) is 17.3. The number of aromatic hydroxyl groups is 1. The van der Waals surface area contributed by atoms with Crippen molar-refractivity contribution in [2.45, 2.75) is 32.7 Å². The molecule has 1 aliphatic heterocycles. The summed E-state index contributed by atoms with van der Waals surface area (Å²) in [5, 5.41) is 13.0. The molecule has 0 saturated carbocycles. The van der Waals surface area contributed by atoms with Gasteiger partial charge in [-0.2, -0.15) is 0 Å². The van der Waals surface area contributed by atoms with Crippen molar-refractivity contribution in [2.75, 3.05) is 38.5 Å². The Hall–Kier alpha value is -2.37. The van der Waals surface area contributed by atoms with Gasteiger partial charge in [-0.25, -0.2) is 0 Å². The van der Waals surface area contributed by atoms with E-state index in [2.05, 4.69) is 49.0 Å². The van der Waals surface area contributed by atoms with Gasteiger partial charge in [-0.3, -0.25) is 9.69 Å². The molecular weight excluding hydrogens is 350 g/mol. The SMILES string of the molecule is CN1CCN(Cc2cccc(C(=O)Nc3cc(C(C)(C)C)ccc3O)c2)CC1. The third kappa shape index (κ3) is 5.12. The fourth-order valence-electron chi connectivity index (χ4n) is 3.37. The van der Waals surface area contributed by atoms with E-state index < -0.39 is 0 Å². The largest absolute Gasteiger partial charge is 0.506 e. The average Bonchev–Trinajstić information content (AvgIpc) is 2.64. The van der Waals surface area contributed by atoms with Crippen LogP contribution in [0.2, 0.25) is 0 Å². The average molecular weight is 382 g/mol. The summed E-state index contributed by atoms with van der Waals surface area (Å²) in [6.45, 7) is 11.4. The summed E-state index contributed by atoms with van der Waals surface area (Å²) in [4.78, 5) is 17.5. The van der Waals surface area contributed by atoms with Crippen molar-refractivity contribution in [3.05, 3.63) is 59.2 Å². The van der Waals surface area contributed by atoms with Gasteiger partial charge in [0.15, 0.2) is 0 Å². The zero-order chi connectivity index (χ0) is 20.3. The Morgan fingerprint density at radius 3 is 2.46 bits per heavy atom. The molecule has 1 heterocycles. The third-order valence-electron chi connectivity index (χ3n) is 5.30. The molecule has 2 aromatic carbocycles. The highest BCUT2D eigenvalue weighted by Gasteiger charge is 2.18. The number of hydrogen-bond donors (Lipinski definition) is 2. The van der Waals surface area contributed by atoms with Gasteiger partial charge in [-0.1, -0.05) is 39.0 Å². The summed E-state index contributed by atoms with van der Waals surface area (Å²) in [5.74, 6) is -0.128. The zero-order valence-electron chi connectivity index (χ0n) is 17.3. The van der Waals surface area contributed by atoms with Crippen LogP contribution < -0.4 is 5.32 Å². The van der Waals surface area contributed by atoms with Crippen LogP contribution in [0.5, 0.6) is 5.75 Å². The topological polar surface area (TPSA) is 55.8 Å². The predicted octanol–water partition coefficient (Wildman–Crippen LogP) is 3.69. The number of hydrogen-bond acceptors (Lipinski definition) is 4. The van der Waals surface area contributed by atoms with Crippen molar-refractivity contribution >= 4 is 11.6 Å². The first-order chi connectivity index (χ1) is 13.2. The molecule has 1 amide bonds. The minimum absolute atomic E-state index is 0.0599. The maximum Gasteiger partial charge on any atom is 0.255 e. The number of carbonyl (C=O) groups is 1. The van der Waals surface area contributed by atoms with Gasteiger partial charge in [0.2, 0.25) is 0 Å². The Kier molecular flexibility index (Phi) is 6.06. The van der Waals surface area contributed by atoms with Gasteiger partial charge in [0.1, 0.15) is 5.75 Å². The third-order valence-corrected chi connectivity index (χ3v) is 5.30. The number of carbonyl (C=O) groups excluding carboxylic acids is 1. The van der Waals surface area contributed by atoms with Gasteiger partial charge in [0.05, 0.1) is 5.69 Å². The van der Waals surface area contributed by atoms with E-state index in [1.54, 1.807) is 6.07 Å². The molecule has 5 heteroatoms. The number of piperazine rings is 1. The van der Waals surface area contributed by atoms with E-state index in [4.69, 9.17) is 0 Å². The van der Waals surface area contributed by atoms with Crippen LogP contribution in [-0.2, 0) is 12.0 Å². The lowest BCUT2D eigenvalue weighted by atomic mass is 9.87. The summed E-state index contributed by atoms with van der Waals surface area (Å²) in [7, 11) is 2.15. The molecule has 2 N–H and O–H groups in total. The normalized spacial score (nSPS) is 16.1. The second kappa shape index (κ2) is 8.33. The molecule has 0 aliphatic carbocycles. The quantitative estimate of drug-likeness (QED) is 0.793. The van der Waals surface area contributed by atoms with Crippen LogP contribution in [-0.4, -0.2) is 54.0 Å². The number of phenolic OH excluding ortho intramolecular Hbond substituents is 1. The molecule has 1 fully saturated rings. The summed E-state index contributed by atoms with van der Waals surface area (Å²) in [6, 6.07) is 13.1. The second-order valence-corrected chi connectivity index (χ2v) is 8.72. The number of likely N-dealkylation sites (N-methyl/N-ethyl adjacent to an activating group) is 1. The summed E-state index contributed by atoms with van der Waals surface area (Å²) in [5.41, 5.74) is 3.18. The van der Waals surface area contributed by atoms with Gasteiger partial charge in [-0.05, 0) is 47.9 Å². The standard InChI is InChI=1S/C23H31N3O2/c1-23(2,3)19-8-9-21(27)20(15-19)24-22(28)18-7-5-6-17(14-18)16-26-12-10-25(4)11-13-26/h5-9,14-15,27H,10-13,16H2,1-4H3,(H,24,28). The number of nitrogens with zero attached hydrogens (tertiary/aromatic N) is 2. The van der Waals surface area contributed by atoms with Crippen molar-refractivity contribution in [2.24, 2.45) is 0 Å². The smallest absolute Gasteiger partial charge is 0.255 e. The van der Waals surface area contributed by atoms with Crippen molar-refractivity contribution in [1.29, 1.82) is 0 Å². The van der Waals surface area contributed by atoms with E-state index in [9.17, 15) is 9.90 Å². The monoisotopic (exact) mass is 381 g/mol. The van der Waals surface area contributed by atoms with E-state index in [1.165, 1.54) is 0 Å². The Morgan fingerprint density at radius 1 is 1.07 bits per heavy atom. The number of phenols is 1. The Balaban J connectivity index is 1.71. The predicted molar refractivity (Wildman–Crippen MR) is 114 cm³/mol. The Morgan fingerprint density at radius 2 is 1.79 bits per heavy atom. The van der Waals surface area contributed by atoms with E-state index >= 15 is 0 Å². The van der Waals surface area contributed by atoms with Gasteiger partial charge >= 0.3 is 0 Å². The van der Waals surface area contributed by atoms with E-state index in [-0.39, 0.29) is 17.1 Å². The van der Waals surface area contributed by atoms with Crippen LogP contribution in [0.1, 0.15) is 42.3 Å². The lowest BCUT2D eigenvalue weighted by Crippen LogP contribution is -2.43. The van der Waals surface area contributed by atoms with Crippen molar-refractivity contribution < 1.29 is 9.90 Å². The van der Waals surface area contributed by atoms with Gasteiger partial charge in [0, 0.05) is 38.3 Å². The lowest BCUT2D eigenvalue weighted by molar-refractivity contribution is 0.102.